The number of allylic oxidation sites excluding steroid dienone is 2. The number of hydrogen-bond donors (Lipinski definition) is 0. The molecule has 0 radical (unpaired) electrons. The summed E-state index contributed by atoms with van der Waals surface area (Å²) in [5.74, 6) is 0.830. The molecular weight excluding hydrogens is 236 g/mol. The summed E-state index contributed by atoms with van der Waals surface area (Å²) in [7, 11) is 0. The SMILES string of the molecule is C=CCOC(=O)OCCOC1=C(C)C(=O)CCC1. The molecule has 0 aliphatic heterocycles. The number of ether oxygens (including phenoxy) is 3. The molecule has 0 atom stereocenters. The molecule has 0 saturated heterocycles. The average molecular weight is 254 g/mol. The largest absolute Gasteiger partial charge is 0.508 e. The molecule has 18 heavy (non-hydrogen) atoms. The Kier molecular flexibility index (Phi) is 5.97. The van der Waals surface area contributed by atoms with E-state index in [1.165, 1.54) is 6.08 Å². The van der Waals surface area contributed by atoms with Crippen LogP contribution in [0.25, 0.3) is 0 Å². The zero-order valence-corrected chi connectivity index (χ0v) is 10.6. The third-order valence-corrected chi connectivity index (χ3v) is 2.54. The lowest BCUT2D eigenvalue weighted by molar-refractivity contribution is -0.116. The summed E-state index contributed by atoms with van der Waals surface area (Å²) in [6, 6.07) is 0. The molecule has 0 N–H and O–H groups in total. The topological polar surface area (TPSA) is 61.8 Å². The van der Waals surface area contributed by atoms with Crippen molar-refractivity contribution in [3.8, 4) is 0 Å². The zero-order chi connectivity index (χ0) is 13.4. The number of Topliss-reactive ketones (excluding diaryl/α,β-unsaturated/α-hetero) is 1. The van der Waals surface area contributed by atoms with E-state index in [2.05, 4.69) is 11.3 Å². The molecule has 0 bridgehead atoms. The van der Waals surface area contributed by atoms with Crippen LogP contribution in [0.5, 0.6) is 0 Å². The second-order valence-electron chi connectivity index (χ2n) is 3.87. The van der Waals surface area contributed by atoms with Crippen LogP contribution < -0.4 is 0 Å². The molecular formula is C13H18O5. The van der Waals surface area contributed by atoms with E-state index in [4.69, 9.17) is 9.47 Å². The summed E-state index contributed by atoms with van der Waals surface area (Å²) in [6.07, 6.45) is 2.87. The van der Waals surface area contributed by atoms with Crippen molar-refractivity contribution in [2.24, 2.45) is 0 Å². The lowest BCUT2D eigenvalue weighted by atomic mass is 9.98. The Bertz CT molecular complexity index is 356. The molecule has 1 aliphatic rings. The molecule has 0 saturated carbocycles. The minimum Gasteiger partial charge on any atom is -0.494 e. The van der Waals surface area contributed by atoms with Crippen LogP contribution in [0.1, 0.15) is 26.2 Å². The van der Waals surface area contributed by atoms with Gasteiger partial charge in [-0.2, -0.15) is 0 Å². The minimum absolute atomic E-state index is 0.0982. The number of carbonyl (C=O) groups is 2. The van der Waals surface area contributed by atoms with Crippen LogP contribution in [-0.4, -0.2) is 31.8 Å². The van der Waals surface area contributed by atoms with Crippen LogP contribution in [0.3, 0.4) is 0 Å². The van der Waals surface area contributed by atoms with Gasteiger partial charge in [0.15, 0.2) is 5.78 Å². The van der Waals surface area contributed by atoms with E-state index < -0.39 is 6.16 Å². The molecule has 0 aromatic carbocycles. The Labute approximate surface area is 106 Å². The van der Waals surface area contributed by atoms with Crippen molar-refractivity contribution in [3.63, 3.8) is 0 Å². The second kappa shape index (κ2) is 7.53. The normalized spacial score (nSPS) is 15.3. The maximum Gasteiger partial charge on any atom is 0.508 e. The van der Waals surface area contributed by atoms with Gasteiger partial charge in [-0.25, -0.2) is 4.79 Å². The molecule has 5 nitrogen and oxygen atoms in total. The van der Waals surface area contributed by atoms with E-state index in [-0.39, 0.29) is 25.6 Å². The Morgan fingerprint density at radius 2 is 2.11 bits per heavy atom. The van der Waals surface area contributed by atoms with Crippen molar-refractivity contribution in [2.75, 3.05) is 19.8 Å². The number of rotatable bonds is 6. The summed E-state index contributed by atoms with van der Waals surface area (Å²) in [4.78, 5) is 22.4. The summed E-state index contributed by atoms with van der Waals surface area (Å²) in [6.45, 7) is 5.62. The Hall–Kier alpha value is -1.78. The van der Waals surface area contributed by atoms with Gasteiger partial charge in [-0.3, -0.25) is 4.79 Å². The standard InChI is InChI=1S/C13H18O5/c1-3-7-17-13(15)18-9-8-16-12-6-4-5-11(14)10(12)2/h3H,1,4-9H2,2H3. The van der Waals surface area contributed by atoms with Gasteiger partial charge >= 0.3 is 6.16 Å². The van der Waals surface area contributed by atoms with Crippen molar-refractivity contribution >= 4 is 11.9 Å². The van der Waals surface area contributed by atoms with Crippen LogP contribution in [0.2, 0.25) is 0 Å². The third-order valence-electron chi connectivity index (χ3n) is 2.54. The molecule has 5 heteroatoms. The highest BCUT2D eigenvalue weighted by Gasteiger charge is 2.17. The maximum atomic E-state index is 11.4. The highest BCUT2D eigenvalue weighted by Crippen LogP contribution is 2.22. The van der Waals surface area contributed by atoms with Crippen LogP contribution in [0, 0.1) is 0 Å². The van der Waals surface area contributed by atoms with Gasteiger partial charge in [0.1, 0.15) is 25.6 Å². The molecule has 1 rings (SSSR count). The fourth-order valence-electron chi connectivity index (χ4n) is 1.58. The van der Waals surface area contributed by atoms with Crippen molar-refractivity contribution in [2.45, 2.75) is 26.2 Å². The van der Waals surface area contributed by atoms with E-state index in [9.17, 15) is 9.59 Å². The molecule has 0 amide bonds. The molecule has 0 aromatic rings. The molecule has 0 spiro atoms. The first kappa shape index (κ1) is 14.3. The van der Waals surface area contributed by atoms with Gasteiger partial charge < -0.3 is 14.2 Å². The Morgan fingerprint density at radius 1 is 1.33 bits per heavy atom. The fourth-order valence-corrected chi connectivity index (χ4v) is 1.58. The van der Waals surface area contributed by atoms with Gasteiger partial charge in [0, 0.05) is 18.4 Å². The molecule has 0 unspecified atom stereocenters. The van der Waals surface area contributed by atoms with Gasteiger partial charge in [0.05, 0.1) is 0 Å². The van der Waals surface area contributed by atoms with E-state index in [1.54, 1.807) is 6.92 Å². The molecule has 100 valence electrons. The average Bonchev–Trinajstić information content (AvgIpc) is 2.37. The van der Waals surface area contributed by atoms with Gasteiger partial charge in [-0.15, -0.1) is 0 Å². The predicted molar refractivity (Wildman–Crippen MR) is 65.0 cm³/mol. The van der Waals surface area contributed by atoms with Crippen LogP contribution in [0.15, 0.2) is 24.0 Å². The first-order valence-corrected chi connectivity index (χ1v) is 5.91. The van der Waals surface area contributed by atoms with Crippen molar-refractivity contribution in [1.82, 2.24) is 0 Å². The summed E-state index contributed by atoms with van der Waals surface area (Å²) in [5.41, 5.74) is 0.676. The molecule has 1 aliphatic carbocycles. The first-order valence-electron chi connectivity index (χ1n) is 5.91. The van der Waals surface area contributed by atoms with E-state index in [0.717, 1.165) is 12.8 Å². The fraction of sp³-hybridized carbons (Fsp3) is 0.538. The van der Waals surface area contributed by atoms with Crippen molar-refractivity contribution in [3.05, 3.63) is 24.0 Å². The monoisotopic (exact) mass is 254 g/mol. The lowest BCUT2D eigenvalue weighted by Crippen LogP contribution is -2.15. The smallest absolute Gasteiger partial charge is 0.494 e. The van der Waals surface area contributed by atoms with Gasteiger partial charge in [-0.05, 0) is 13.3 Å². The Balaban J connectivity index is 2.21. The van der Waals surface area contributed by atoms with Crippen LogP contribution >= 0.6 is 0 Å². The summed E-state index contributed by atoms with van der Waals surface area (Å²) < 4.78 is 14.8. The van der Waals surface area contributed by atoms with E-state index in [0.29, 0.717) is 17.8 Å². The third kappa shape index (κ3) is 4.61. The van der Waals surface area contributed by atoms with Crippen molar-refractivity contribution in [1.29, 1.82) is 0 Å². The number of carbonyl (C=O) groups excluding carboxylic acids is 2. The molecule has 0 fully saturated rings. The zero-order valence-electron chi connectivity index (χ0n) is 10.6. The van der Waals surface area contributed by atoms with E-state index >= 15 is 0 Å². The molecule has 0 heterocycles. The van der Waals surface area contributed by atoms with Crippen molar-refractivity contribution < 1.29 is 23.8 Å². The summed E-state index contributed by atoms with van der Waals surface area (Å²) >= 11 is 0. The van der Waals surface area contributed by atoms with Gasteiger partial charge in [0.25, 0.3) is 0 Å². The second-order valence-corrected chi connectivity index (χ2v) is 3.87. The summed E-state index contributed by atoms with van der Waals surface area (Å²) in [5, 5.41) is 0. The maximum absolute atomic E-state index is 11.4. The quantitative estimate of drug-likeness (QED) is 0.413. The number of ketones is 1. The van der Waals surface area contributed by atoms with E-state index in [1.807, 2.05) is 0 Å². The highest BCUT2D eigenvalue weighted by molar-refractivity contribution is 5.95. The first-order chi connectivity index (χ1) is 8.65. The highest BCUT2D eigenvalue weighted by atomic mass is 16.7. The predicted octanol–water partition coefficient (Wildman–Crippen LogP) is 2.37. The van der Waals surface area contributed by atoms with Gasteiger partial charge in [-0.1, -0.05) is 12.7 Å². The lowest BCUT2D eigenvalue weighted by Gasteiger charge is -2.17. The van der Waals surface area contributed by atoms with Crippen LogP contribution in [-0.2, 0) is 19.0 Å². The van der Waals surface area contributed by atoms with Crippen LogP contribution in [0.4, 0.5) is 4.79 Å². The number of hydrogen-bond acceptors (Lipinski definition) is 5. The van der Waals surface area contributed by atoms with Gasteiger partial charge in [0.2, 0.25) is 0 Å². The Morgan fingerprint density at radius 3 is 2.83 bits per heavy atom. The molecule has 0 aromatic heterocycles. The minimum atomic E-state index is -0.746.